The van der Waals surface area contributed by atoms with Crippen molar-refractivity contribution in [2.45, 2.75) is 6.92 Å². The van der Waals surface area contributed by atoms with Crippen LogP contribution in [0.4, 0.5) is 0 Å². The summed E-state index contributed by atoms with van der Waals surface area (Å²) < 4.78 is 5.42. The summed E-state index contributed by atoms with van der Waals surface area (Å²) in [6.07, 6.45) is 0. The topological polar surface area (TPSA) is 26.3 Å². The number of ether oxygens (including phenoxy) is 1. The third kappa shape index (κ3) is 3.28. The van der Waals surface area contributed by atoms with E-state index in [0.29, 0.717) is 21.4 Å². The van der Waals surface area contributed by atoms with Crippen LogP contribution in [0.5, 0.6) is 5.75 Å². The first-order valence-electron chi connectivity index (χ1n) is 5.75. The fourth-order valence-corrected chi connectivity index (χ4v) is 2.05. The predicted octanol–water partition coefficient (Wildman–Crippen LogP) is 4.56. The minimum atomic E-state index is -0.0888. The first-order valence-corrected chi connectivity index (χ1v) is 6.51. The molecular formula is C15H12Cl2O2. The van der Waals surface area contributed by atoms with Gasteiger partial charge < -0.3 is 4.74 Å². The SMILES string of the molecule is Cc1ccccc1C(=O)COc1cccc(Cl)c1Cl. The van der Waals surface area contributed by atoms with Gasteiger partial charge in [0, 0.05) is 5.56 Å². The maximum absolute atomic E-state index is 12.0. The van der Waals surface area contributed by atoms with E-state index in [1.54, 1.807) is 24.3 Å². The monoisotopic (exact) mass is 294 g/mol. The van der Waals surface area contributed by atoms with Gasteiger partial charge in [0.1, 0.15) is 10.8 Å². The lowest BCUT2D eigenvalue weighted by Crippen LogP contribution is -2.13. The van der Waals surface area contributed by atoms with Crippen molar-refractivity contribution < 1.29 is 9.53 Å². The summed E-state index contributed by atoms with van der Waals surface area (Å²) in [6.45, 7) is 1.82. The molecule has 0 spiro atoms. The van der Waals surface area contributed by atoms with Crippen molar-refractivity contribution in [2.75, 3.05) is 6.61 Å². The van der Waals surface area contributed by atoms with Gasteiger partial charge in [-0.15, -0.1) is 0 Å². The molecule has 0 N–H and O–H groups in total. The van der Waals surface area contributed by atoms with Gasteiger partial charge in [-0.25, -0.2) is 0 Å². The van der Waals surface area contributed by atoms with Crippen LogP contribution in [0, 0.1) is 6.92 Å². The Morgan fingerprint density at radius 3 is 2.58 bits per heavy atom. The number of aryl methyl sites for hydroxylation is 1. The molecule has 0 aliphatic carbocycles. The Morgan fingerprint density at radius 2 is 1.84 bits per heavy atom. The molecule has 0 saturated heterocycles. The zero-order valence-corrected chi connectivity index (χ0v) is 11.8. The molecule has 0 fully saturated rings. The molecule has 2 aromatic carbocycles. The normalized spacial score (nSPS) is 10.3. The van der Waals surface area contributed by atoms with Crippen LogP contribution in [0.1, 0.15) is 15.9 Å². The Bertz CT molecular complexity index is 609. The minimum absolute atomic E-state index is 0.0646. The highest BCUT2D eigenvalue weighted by atomic mass is 35.5. The molecule has 19 heavy (non-hydrogen) atoms. The van der Waals surface area contributed by atoms with E-state index in [1.807, 2.05) is 25.1 Å². The van der Waals surface area contributed by atoms with E-state index in [0.717, 1.165) is 5.56 Å². The number of carbonyl (C=O) groups excluding carboxylic acids is 1. The van der Waals surface area contributed by atoms with Crippen LogP contribution in [0.25, 0.3) is 0 Å². The second-order valence-corrected chi connectivity index (χ2v) is 4.86. The van der Waals surface area contributed by atoms with E-state index in [9.17, 15) is 4.79 Å². The molecule has 0 bridgehead atoms. The van der Waals surface area contributed by atoms with Crippen molar-refractivity contribution in [1.82, 2.24) is 0 Å². The standard InChI is InChI=1S/C15H12Cl2O2/c1-10-5-2-3-6-11(10)13(18)9-19-14-8-4-7-12(16)15(14)17/h2-8H,9H2,1H3. The van der Waals surface area contributed by atoms with Crippen LogP contribution < -0.4 is 4.74 Å². The molecule has 0 aliphatic rings. The first kappa shape index (κ1) is 13.9. The smallest absolute Gasteiger partial charge is 0.200 e. The largest absolute Gasteiger partial charge is 0.484 e. The van der Waals surface area contributed by atoms with Gasteiger partial charge in [-0.1, -0.05) is 53.5 Å². The molecule has 0 atom stereocenters. The van der Waals surface area contributed by atoms with E-state index >= 15 is 0 Å². The lowest BCUT2D eigenvalue weighted by molar-refractivity contribution is 0.0921. The summed E-state index contributed by atoms with van der Waals surface area (Å²) in [7, 11) is 0. The number of halogens is 2. The molecule has 0 aromatic heterocycles. The first-order chi connectivity index (χ1) is 9.09. The van der Waals surface area contributed by atoms with Crippen molar-refractivity contribution in [3.05, 3.63) is 63.6 Å². The Labute approximate surface area is 121 Å². The van der Waals surface area contributed by atoms with Crippen molar-refractivity contribution in [3.63, 3.8) is 0 Å². The number of benzene rings is 2. The fourth-order valence-electron chi connectivity index (χ4n) is 1.70. The van der Waals surface area contributed by atoms with E-state index in [-0.39, 0.29) is 12.4 Å². The van der Waals surface area contributed by atoms with Gasteiger partial charge in [0.2, 0.25) is 0 Å². The molecule has 0 amide bonds. The molecule has 2 nitrogen and oxygen atoms in total. The summed E-state index contributed by atoms with van der Waals surface area (Å²) in [4.78, 5) is 12.0. The lowest BCUT2D eigenvalue weighted by Gasteiger charge is -2.09. The number of hydrogen-bond donors (Lipinski definition) is 0. The number of carbonyl (C=O) groups is 1. The van der Waals surface area contributed by atoms with Crippen LogP contribution in [-0.4, -0.2) is 12.4 Å². The number of hydrogen-bond acceptors (Lipinski definition) is 2. The van der Waals surface area contributed by atoms with E-state index < -0.39 is 0 Å². The zero-order chi connectivity index (χ0) is 13.8. The van der Waals surface area contributed by atoms with Crippen molar-refractivity contribution in [2.24, 2.45) is 0 Å². The number of rotatable bonds is 4. The third-order valence-electron chi connectivity index (χ3n) is 2.72. The van der Waals surface area contributed by atoms with Crippen molar-refractivity contribution in [3.8, 4) is 5.75 Å². The quantitative estimate of drug-likeness (QED) is 0.773. The van der Waals surface area contributed by atoms with Gasteiger partial charge >= 0.3 is 0 Å². The van der Waals surface area contributed by atoms with Crippen LogP contribution in [0.2, 0.25) is 10.0 Å². The highest BCUT2D eigenvalue weighted by molar-refractivity contribution is 6.42. The molecule has 0 unspecified atom stereocenters. The summed E-state index contributed by atoms with van der Waals surface area (Å²) >= 11 is 11.9. The third-order valence-corrected chi connectivity index (χ3v) is 3.52. The number of Topliss-reactive ketones (excluding diaryl/α,β-unsaturated/α-hetero) is 1. The summed E-state index contributed by atoms with van der Waals surface area (Å²) in [6, 6.07) is 12.5. The number of ketones is 1. The molecule has 0 saturated carbocycles. The lowest BCUT2D eigenvalue weighted by atomic mass is 10.1. The van der Waals surface area contributed by atoms with Gasteiger partial charge in [0.15, 0.2) is 12.4 Å². The summed E-state index contributed by atoms with van der Waals surface area (Å²) in [5.41, 5.74) is 1.58. The highest BCUT2D eigenvalue weighted by Crippen LogP contribution is 2.31. The molecule has 0 heterocycles. The summed E-state index contributed by atoms with van der Waals surface area (Å²) in [5.74, 6) is 0.324. The highest BCUT2D eigenvalue weighted by Gasteiger charge is 2.11. The van der Waals surface area contributed by atoms with Gasteiger partial charge in [0.05, 0.1) is 5.02 Å². The van der Waals surface area contributed by atoms with Crippen LogP contribution >= 0.6 is 23.2 Å². The van der Waals surface area contributed by atoms with Gasteiger partial charge in [-0.2, -0.15) is 0 Å². The average Bonchev–Trinajstić information content (AvgIpc) is 2.40. The van der Waals surface area contributed by atoms with Gasteiger partial charge in [-0.05, 0) is 24.6 Å². The van der Waals surface area contributed by atoms with Gasteiger partial charge in [-0.3, -0.25) is 4.79 Å². The molecule has 4 heteroatoms. The van der Waals surface area contributed by atoms with Crippen LogP contribution in [0.3, 0.4) is 0 Å². The van der Waals surface area contributed by atoms with E-state index in [4.69, 9.17) is 27.9 Å². The van der Waals surface area contributed by atoms with Crippen LogP contribution in [0.15, 0.2) is 42.5 Å². The molecule has 0 radical (unpaired) electrons. The van der Waals surface area contributed by atoms with Crippen molar-refractivity contribution >= 4 is 29.0 Å². The minimum Gasteiger partial charge on any atom is -0.484 e. The Balaban J connectivity index is 2.09. The fraction of sp³-hybridized carbons (Fsp3) is 0.133. The second-order valence-electron chi connectivity index (χ2n) is 4.08. The Hall–Kier alpha value is -1.51. The summed E-state index contributed by atoms with van der Waals surface area (Å²) in [5, 5.41) is 0.726. The predicted molar refractivity (Wildman–Crippen MR) is 77.5 cm³/mol. The molecule has 2 aromatic rings. The van der Waals surface area contributed by atoms with E-state index in [1.165, 1.54) is 0 Å². The van der Waals surface area contributed by atoms with Crippen LogP contribution in [-0.2, 0) is 0 Å². The molecule has 98 valence electrons. The molecule has 0 aliphatic heterocycles. The zero-order valence-electron chi connectivity index (χ0n) is 10.3. The van der Waals surface area contributed by atoms with Crippen molar-refractivity contribution in [1.29, 1.82) is 0 Å². The maximum Gasteiger partial charge on any atom is 0.200 e. The Morgan fingerprint density at radius 1 is 1.11 bits per heavy atom. The molecule has 2 rings (SSSR count). The van der Waals surface area contributed by atoms with E-state index in [2.05, 4.69) is 0 Å². The second kappa shape index (κ2) is 6.09. The maximum atomic E-state index is 12.0. The molecular weight excluding hydrogens is 283 g/mol. The average molecular weight is 295 g/mol. The van der Waals surface area contributed by atoms with Gasteiger partial charge in [0.25, 0.3) is 0 Å². The Kier molecular flexibility index (Phi) is 4.46.